The van der Waals surface area contributed by atoms with Gasteiger partial charge in [0.1, 0.15) is 6.29 Å². The van der Waals surface area contributed by atoms with Crippen molar-refractivity contribution < 1.29 is 4.79 Å². The van der Waals surface area contributed by atoms with Gasteiger partial charge in [0.05, 0.1) is 5.41 Å². The van der Waals surface area contributed by atoms with Gasteiger partial charge in [-0.15, -0.1) is 11.3 Å². The first-order valence-corrected chi connectivity index (χ1v) is 5.03. The summed E-state index contributed by atoms with van der Waals surface area (Å²) in [7, 11) is 0. The Hall–Kier alpha value is -0.630. The van der Waals surface area contributed by atoms with E-state index in [-0.39, 0.29) is 5.41 Å². The molecule has 1 nitrogen and oxygen atoms in total. The molecule has 1 heterocycles. The fourth-order valence-corrected chi connectivity index (χ4v) is 2.32. The molecular formula is C10H14OS. The molecule has 0 aliphatic carbocycles. The summed E-state index contributed by atoms with van der Waals surface area (Å²) in [5.74, 6) is 0. The highest BCUT2D eigenvalue weighted by Gasteiger charge is 2.23. The van der Waals surface area contributed by atoms with Gasteiger partial charge in [-0.3, -0.25) is 0 Å². The summed E-state index contributed by atoms with van der Waals surface area (Å²) in [4.78, 5) is 12.0. The third-order valence-corrected chi connectivity index (χ3v) is 3.30. The van der Waals surface area contributed by atoms with Crippen LogP contribution in [0.5, 0.6) is 0 Å². The Morgan fingerprint density at radius 2 is 2.25 bits per heavy atom. The van der Waals surface area contributed by atoms with Gasteiger partial charge in [0.15, 0.2) is 0 Å². The Kier molecular flexibility index (Phi) is 2.68. The Labute approximate surface area is 77.4 Å². The molecule has 66 valence electrons. The van der Waals surface area contributed by atoms with Crippen LogP contribution in [0.2, 0.25) is 0 Å². The van der Waals surface area contributed by atoms with Crippen LogP contribution in [0.4, 0.5) is 0 Å². The zero-order valence-corrected chi connectivity index (χ0v) is 8.57. The van der Waals surface area contributed by atoms with Gasteiger partial charge in [0.25, 0.3) is 0 Å². The van der Waals surface area contributed by atoms with Crippen LogP contribution in [0.15, 0.2) is 11.4 Å². The largest absolute Gasteiger partial charge is 0.302 e. The quantitative estimate of drug-likeness (QED) is 0.657. The van der Waals surface area contributed by atoms with Crippen molar-refractivity contribution in [1.82, 2.24) is 0 Å². The van der Waals surface area contributed by atoms with Crippen molar-refractivity contribution in [2.75, 3.05) is 0 Å². The second kappa shape index (κ2) is 3.40. The highest BCUT2D eigenvalue weighted by Crippen LogP contribution is 2.29. The summed E-state index contributed by atoms with van der Waals surface area (Å²) >= 11 is 1.67. The van der Waals surface area contributed by atoms with Gasteiger partial charge in [-0.25, -0.2) is 0 Å². The fraction of sp³-hybridized carbons (Fsp3) is 0.500. The number of hydrogen-bond acceptors (Lipinski definition) is 2. The first-order chi connectivity index (χ1) is 5.61. The molecule has 2 heteroatoms. The smallest absolute Gasteiger partial charge is 0.130 e. The van der Waals surface area contributed by atoms with Crippen molar-refractivity contribution in [3.05, 3.63) is 21.9 Å². The molecular weight excluding hydrogens is 168 g/mol. The first kappa shape index (κ1) is 9.46. The van der Waals surface area contributed by atoms with Crippen molar-refractivity contribution in [2.24, 2.45) is 0 Å². The monoisotopic (exact) mass is 182 g/mol. The number of thiophene rings is 1. The zero-order chi connectivity index (χ0) is 9.19. The predicted molar refractivity (Wildman–Crippen MR) is 52.8 cm³/mol. The molecule has 0 spiro atoms. The van der Waals surface area contributed by atoms with Gasteiger partial charge in [-0.2, -0.15) is 0 Å². The topological polar surface area (TPSA) is 17.1 Å². The van der Waals surface area contributed by atoms with E-state index in [4.69, 9.17) is 0 Å². The minimum atomic E-state index is -0.306. The fourth-order valence-electron chi connectivity index (χ4n) is 1.23. The summed E-state index contributed by atoms with van der Waals surface area (Å²) in [6.07, 6.45) is 2.04. The van der Waals surface area contributed by atoms with Crippen LogP contribution in [0.3, 0.4) is 0 Å². The predicted octanol–water partition coefficient (Wildman–Crippen LogP) is 2.79. The maximum atomic E-state index is 10.8. The summed E-state index contributed by atoms with van der Waals surface area (Å²) in [6, 6.07) is 2.10. The van der Waals surface area contributed by atoms with Crippen LogP contribution >= 0.6 is 11.3 Å². The van der Waals surface area contributed by atoms with Crippen molar-refractivity contribution in [3.8, 4) is 0 Å². The number of carbonyl (C=O) groups is 1. The molecule has 1 aromatic rings. The van der Waals surface area contributed by atoms with Gasteiger partial charge < -0.3 is 4.79 Å². The van der Waals surface area contributed by atoms with Crippen molar-refractivity contribution in [1.29, 1.82) is 0 Å². The molecule has 1 aromatic heterocycles. The number of aryl methyl sites for hydroxylation is 1. The van der Waals surface area contributed by atoms with Gasteiger partial charge in [-0.1, -0.05) is 6.92 Å². The summed E-state index contributed by atoms with van der Waals surface area (Å²) < 4.78 is 0. The van der Waals surface area contributed by atoms with E-state index in [1.807, 2.05) is 13.8 Å². The molecule has 0 fully saturated rings. The maximum Gasteiger partial charge on any atom is 0.130 e. The number of aldehydes is 1. The van der Waals surface area contributed by atoms with Crippen molar-refractivity contribution in [3.63, 3.8) is 0 Å². The lowest BCUT2D eigenvalue weighted by Gasteiger charge is -2.16. The third-order valence-electron chi connectivity index (χ3n) is 2.01. The molecule has 0 aromatic carbocycles. The molecule has 0 bridgehead atoms. The van der Waals surface area contributed by atoms with Crippen LogP contribution in [-0.4, -0.2) is 6.29 Å². The molecule has 0 aliphatic heterocycles. The standard InChI is InChI=1S/C10H14OS/c1-4-8-5-6-12-9(8)10(2,3)7-11/h5-7H,4H2,1-3H3. The highest BCUT2D eigenvalue weighted by atomic mass is 32.1. The Morgan fingerprint density at radius 1 is 1.58 bits per heavy atom. The van der Waals surface area contributed by atoms with Crippen molar-refractivity contribution in [2.45, 2.75) is 32.6 Å². The van der Waals surface area contributed by atoms with Crippen LogP contribution in [0.1, 0.15) is 31.2 Å². The molecule has 0 radical (unpaired) electrons. The normalized spacial score (nSPS) is 11.6. The molecule has 0 atom stereocenters. The first-order valence-electron chi connectivity index (χ1n) is 4.15. The number of rotatable bonds is 3. The van der Waals surface area contributed by atoms with Gasteiger partial charge >= 0.3 is 0 Å². The molecule has 0 unspecified atom stereocenters. The van der Waals surface area contributed by atoms with Gasteiger partial charge in [-0.05, 0) is 37.3 Å². The van der Waals surface area contributed by atoms with E-state index in [2.05, 4.69) is 18.4 Å². The summed E-state index contributed by atoms with van der Waals surface area (Å²) in [5, 5.41) is 2.05. The van der Waals surface area contributed by atoms with E-state index >= 15 is 0 Å². The average molecular weight is 182 g/mol. The molecule has 1 rings (SSSR count). The van der Waals surface area contributed by atoms with Crippen molar-refractivity contribution >= 4 is 17.6 Å². The van der Waals surface area contributed by atoms with Crippen LogP contribution in [0.25, 0.3) is 0 Å². The van der Waals surface area contributed by atoms with Gasteiger partial charge in [0.2, 0.25) is 0 Å². The summed E-state index contributed by atoms with van der Waals surface area (Å²) in [6.45, 7) is 6.04. The lowest BCUT2D eigenvalue weighted by molar-refractivity contribution is -0.111. The van der Waals surface area contributed by atoms with Gasteiger partial charge in [0, 0.05) is 4.88 Å². The molecule has 0 N–H and O–H groups in total. The zero-order valence-electron chi connectivity index (χ0n) is 7.76. The molecule has 0 saturated carbocycles. The van der Waals surface area contributed by atoms with E-state index in [0.717, 1.165) is 12.7 Å². The molecule has 0 aliphatic rings. The van der Waals surface area contributed by atoms with E-state index in [0.29, 0.717) is 0 Å². The number of hydrogen-bond donors (Lipinski definition) is 0. The maximum absolute atomic E-state index is 10.8. The lowest BCUT2D eigenvalue weighted by Crippen LogP contribution is -2.18. The summed E-state index contributed by atoms with van der Waals surface area (Å²) in [5.41, 5.74) is 0.997. The Balaban J connectivity index is 3.08. The van der Waals surface area contributed by atoms with E-state index in [1.165, 1.54) is 10.4 Å². The second-order valence-electron chi connectivity index (χ2n) is 3.47. The van der Waals surface area contributed by atoms with E-state index < -0.39 is 0 Å². The SMILES string of the molecule is CCc1ccsc1C(C)(C)C=O. The average Bonchev–Trinajstić information content (AvgIpc) is 2.52. The minimum Gasteiger partial charge on any atom is -0.302 e. The Morgan fingerprint density at radius 3 is 2.75 bits per heavy atom. The van der Waals surface area contributed by atoms with E-state index in [1.54, 1.807) is 11.3 Å². The molecule has 0 saturated heterocycles. The molecule has 12 heavy (non-hydrogen) atoms. The number of carbonyl (C=O) groups excluding carboxylic acids is 1. The minimum absolute atomic E-state index is 0.306. The Bertz CT molecular complexity index is 273. The van der Waals surface area contributed by atoms with Crippen LogP contribution in [-0.2, 0) is 16.6 Å². The lowest BCUT2D eigenvalue weighted by atomic mass is 9.90. The second-order valence-corrected chi connectivity index (χ2v) is 4.38. The van der Waals surface area contributed by atoms with Crippen LogP contribution in [0, 0.1) is 0 Å². The van der Waals surface area contributed by atoms with Crippen LogP contribution < -0.4 is 0 Å². The molecule has 0 amide bonds. The highest BCUT2D eigenvalue weighted by molar-refractivity contribution is 7.10. The third kappa shape index (κ3) is 1.58. The van der Waals surface area contributed by atoms with E-state index in [9.17, 15) is 4.79 Å².